The number of nitrogens with one attached hydrogen (secondary N) is 1. The van der Waals surface area contributed by atoms with Gasteiger partial charge in [-0.05, 0) is 31.0 Å². The third-order valence-corrected chi connectivity index (χ3v) is 4.82. The van der Waals surface area contributed by atoms with Gasteiger partial charge in [-0.2, -0.15) is 13.2 Å². The van der Waals surface area contributed by atoms with Gasteiger partial charge < -0.3 is 19.7 Å². The van der Waals surface area contributed by atoms with Crippen molar-refractivity contribution in [3.8, 4) is 22.9 Å². The minimum atomic E-state index is -4.52. The van der Waals surface area contributed by atoms with Crippen molar-refractivity contribution in [2.45, 2.75) is 25.1 Å². The first-order valence-electron chi connectivity index (χ1n) is 9.35. The summed E-state index contributed by atoms with van der Waals surface area (Å²) in [4.78, 5) is 21.9. The van der Waals surface area contributed by atoms with Crippen molar-refractivity contribution in [1.82, 2.24) is 15.3 Å². The van der Waals surface area contributed by atoms with Crippen molar-refractivity contribution in [1.29, 1.82) is 0 Å². The molecule has 0 bridgehead atoms. The molecule has 7 nitrogen and oxygen atoms in total. The Labute approximate surface area is 169 Å². The highest BCUT2D eigenvalue weighted by Gasteiger charge is 2.36. The Kier molecular flexibility index (Phi) is 5.35. The third-order valence-electron chi connectivity index (χ3n) is 4.82. The summed E-state index contributed by atoms with van der Waals surface area (Å²) in [6.45, 7) is -0.311. The maximum atomic E-state index is 14.5. The van der Waals surface area contributed by atoms with Gasteiger partial charge in [-0.3, -0.25) is 4.79 Å². The van der Waals surface area contributed by atoms with Gasteiger partial charge in [-0.25, -0.2) is 14.4 Å². The second kappa shape index (κ2) is 7.96. The lowest BCUT2D eigenvalue weighted by atomic mass is 10.1. The highest BCUT2D eigenvalue weighted by molar-refractivity contribution is 5.85. The van der Waals surface area contributed by atoms with E-state index in [4.69, 9.17) is 9.47 Å². The smallest absolute Gasteiger partial charge is 0.405 e. The highest BCUT2D eigenvalue weighted by atomic mass is 19.4. The molecule has 3 heterocycles. The summed E-state index contributed by atoms with van der Waals surface area (Å²) in [6, 6.07) is 4.12. The van der Waals surface area contributed by atoms with E-state index < -0.39 is 30.5 Å². The number of amides is 1. The van der Waals surface area contributed by atoms with Crippen LogP contribution in [0.5, 0.6) is 11.5 Å². The topological polar surface area (TPSA) is 76.6 Å². The van der Waals surface area contributed by atoms with E-state index in [1.54, 1.807) is 18.2 Å². The maximum Gasteiger partial charge on any atom is 0.405 e. The quantitative estimate of drug-likeness (QED) is 0.758. The summed E-state index contributed by atoms with van der Waals surface area (Å²) in [7, 11) is 0. The highest BCUT2D eigenvalue weighted by Crippen LogP contribution is 2.34. The van der Waals surface area contributed by atoms with Crippen molar-refractivity contribution >= 4 is 11.7 Å². The molecule has 30 heavy (non-hydrogen) atoms. The Morgan fingerprint density at radius 1 is 1.23 bits per heavy atom. The normalized spacial score (nSPS) is 18.4. The number of aromatic nitrogens is 2. The summed E-state index contributed by atoms with van der Waals surface area (Å²) in [5, 5.41) is 1.86. The van der Waals surface area contributed by atoms with Crippen LogP contribution in [0.2, 0.25) is 0 Å². The molecule has 1 aromatic carbocycles. The van der Waals surface area contributed by atoms with Gasteiger partial charge in [0.05, 0.1) is 6.20 Å². The van der Waals surface area contributed by atoms with E-state index in [2.05, 4.69) is 9.97 Å². The molecule has 1 fully saturated rings. The fraction of sp³-hybridized carbons (Fsp3) is 0.421. The predicted molar refractivity (Wildman–Crippen MR) is 97.8 cm³/mol. The number of benzene rings is 1. The molecule has 1 saturated heterocycles. The molecule has 0 spiro atoms. The van der Waals surface area contributed by atoms with Crippen LogP contribution < -0.4 is 19.7 Å². The van der Waals surface area contributed by atoms with Gasteiger partial charge in [0.25, 0.3) is 0 Å². The van der Waals surface area contributed by atoms with Gasteiger partial charge in [-0.1, -0.05) is 0 Å². The lowest BCUT2D eigenvalue weighted by molar-refractivity contribution is -0.139. The second-order valence-corrected chi connectivity index (χ2v) is 6.91. The molecular weight excluding hydrogens is 408 g/mol. The number of alkyl halides is 3. The average Bonchev–Trinajstić information content (AvgIpc) is 3.21. The van der Waals surface area contributed by atoms with Crippen molar-refractivity contribution in [3.63, 3.8) is 0 Å². The Morgan fingerprint density at radius 2 is 2.00 bits per heavy atom. The van der Waals surface area contributed by atoms with Crippen LogP contribution in [-0.2, 0) is 4.79 Å². The van der Waals surface area contributed by atoms with Crippen molar-refractivity contribution in [3.05, 3.63) is 30.2 Å². The van der Waals surface area contributed by atoms with Gasteiger partial charge in [0.2, 0.25) is 5.91 Å². The molecule has 2 aliphatic heterocycles. The molecule has 1 aromatic heterocycles. The third kappa shape index (κ3) is 4.24. The Bertz CT molecular complexity index is 954. The Morgan fingerprint density at radius 3 is 2.77 bits per heavy atom. The van der Waals surface area contributed by atoms with Gasteiger partial charge in [-0.15, -0.1) is 0 Å². The fourth-order valence-electron chi connectivity index (χ4n) is 3.48. The lowest BCUT2D eigenvalue weighted by Crippen LogP contribution is -2.46. The van der Waals surface area contributed by atoms with Crippen molar-refractivity contribution < 1.29 is 31.8 Å². The molecule has 11 heteroatoms. The number of fused-ring (bicyclic) bond motifs is 1. The summed E-state index contributed by atoms with van der Waals surface area (Å²) < 4.78 is 62.8. The van der Waals surface area contributed by atoms with E-state index >= 15 is 0 Å². The zero-order chi connectivity index (χ0) is 21.3. The van der Waals surface area contributed by atoms with Crippen LogP contribution in [0.3, 0.4) is 0 Å². The van der Waals surface area contributed by atoms with E-state index in [0.29, 0.717) is 49.7 Å². The zero-order valence-electron chi connectivity index (χ0n) is 15.7. The average molecular weight is 426 g/mol. The molecule has 1 amide bonds. The molecule has 0 saturated carbocycles. The molecule has 4 rings (SSSR count). The van der Waals surface area contributed by atoms with E-state index in [1.165, 1.54) is 4.90 Å². The second-order valence-electron chi connectivity index (χ2n) is 6.91. The number of hydrogen-bond acceptors (Lipinski definition) is 6. The van der Waals surface area contributed by atoms with Crippen LogP contribution in [-0.4, -0.2) is 54.4 Å². The number of rotatable bonds is 4. The number of carbonyl (C=O) groups is 1. The first-order chi connectivity index (χ1) is 14.3. The summed E-state index contributed by atoms with van der Waals surface area (Å²) in [5.41, 5.74) is 0.553. The van der Waals surface area contributed by atoms with Gasteiger partial charge in [0.15, 0.2) is 29.0 Å². The Balaban J connectivity index is 1.59. The zero-order valence-corrected chi connectivity index (χ0v) is 15.7. The van der Waals surface area contributed by atoms with Crippen LogP contribution in [0.25, 0.3) is 11.4 Å². The summed E-state index contributed by atoms with van der Waals surface area (Å²) in [5.74, 6) is -0.410. The Hall–Kier alpha value is -3.11. The number of anilines is 1. The van der Waals surface area contributed by atoms with Crippen molar-refractivity contribution in [2.24, 2.45) is 0 Å². The summed E-state index contributed by atoms with van der Waals surface area (Å²) >= 11 is 0. The van der Waals surface area contributed by atoms with Crippen molar-refractivity contribution in [2.75, 3.05) is 31.2 Å². The standard InChI is InChI=1S/C19H18F4N4O3/c20-12-9-24-16(11-3-4-14-15(8-11)30-7-6-29-14)26-17(12)27-5-1-2-13(27)18(28)25-10-19(21,22)23/h3-4,8-9,13H,1-2,5-7,10H2,(H,25,28)/t13-/m1/s1. The van der Waals surface area contributed by atoms with Crippen LogP contribution >= 0.6 is 0 Å². The minimum absolute atomic E-state index is 0.125. The number of carbonyl (C=O) groups excluding carboxylic acids is 1. The number of halogens is 4. The number of nitrogens with zero attached hydrogens (tertiary/aromatic N) is 3. The first-order valence-corrected chi connectivity index (χ1v) is 9.35. The lowest BCUT2D eigenvalue weighted by Gasteiger charge is -2.25. The number of ether oxygens (including phenoxy) is 2. The molecule has 1 N–H and O–H groups in total. The maximum absolute atomic E-state index is 14.5. The van der Waals surface area contributed by atoms with Crippen LogP contribution in [0.1, 0.15) is 12.8 Å². The van der Waals surface area contributed by atoms with E-state index in [0.717, 1.165) is 6.20 Å². The van der Waals surface area contributed by atoms with E-state index in [1.807, 2.05) is 5.32 Å². The van der Waals surface area contributed by atoms with Gasteiger partial charge in [0.1, 0.15) is 25.8 Å². The summed E-state index contributed by atoms with van der Waals surface area (Å²) in [6.07, 6.45) is -2.72. The molecular formula is C19H18F4N4O3. The molecule has 160 valence electrons. The fourth-order valence-corrected chi connectivity index (χ4v) is 3.48. The molecule has 2 aromatic rings. The first kappa shape index (κ1) is 20.2. The molecule has 0 radical (unpaired) electrons. The predicted octanol–water partition coefficient (Wildman–Crippen LogP) is 2.70. The van der Waals surface area contributed by atoms with E-state index in [9.17, 15) is 22.4 Å². The van der Waals surface area contributed by atoms with E-state index in [-0.39, 0.29) is 11.6 Å². The monoisotopic (exact) mass is 426 g/mol. The van der Waals surface area contributed by atoms with Crippen LogP contribution in [0.15, 0.2) is 24.4 Å². The minimum Gasteiger partial charge on any atom is -0.486 e. The van der Waals surface area contributed by atoms with Gasteiger partial charge >= 0.3 is 6.18 Å². The van der Waals surface area contributed by atoms with Crippen LogP contribution in [0.4, 0.5) is 23.4 Å². The molecule has 2 aliphatic rings. The number of hydrogen-bond donors (Lipinski definition) is 1. The largest absolute Gasteiger partial charge is 0.486 e. The van der Waals surface area contributed by atoms with Gasteiger partial charge in [0, 0.05) is 12.1 Å². The molecule has 0 unspecified atom stereocenters. The SMILES string of the molecule is O=C(NCC(F)(F)F)[C@H]1CCCN1c1nc(-c2ccc3c(c2)OCCO3)ncc1F. The molecule has 1 atom stereocenters. The molecule has 0 aliphatic carbocycles. The van der Waals surface area contributed by atoms with Crippen LogP contribution in [0, 0.1) is 5.82 Å².